The average molecular weight is 375 g/mol. The normalized spacial score (nSPS) is 20.6. The van der Waals surface area contributed by atoms with Crippen LogP contribution in [0.25, 0.3) is 0 Å². The minimum absolute atomic E-state index is 0.0528. The topological polar surface area (TPSA) is 86.7 Å². The van der Waals surface area contributed by atoms with E-state index in [0.29, 0.717) is 19.0 Å². The van der Waals surface area contributed by atoms with Crippen LogP contribution in [0.3, 0.4) is 0 Å². The molecule has 1 heterocycles. The standard InChI is InChI=1S/C16H23ClN2O4S/c1-11-4-3-7-19(10-11)24(22,23)15-8-13(5-6-14(15)17)16(21)18-9-12(2)20/h5-6,8,11-12,20H,3-4,7,9-10H2,1-2H3,(H,18,21). The fourth-order valence-electron chi connectivity index (χ4n) is 2.69. The van der Waals surface area contributed by atoms with E-state index in [9.17, 15) is 18.3 Å². The summed E-state index contributed by atoms with van der Waals surface area (Å²) in [6.45, 7) is 4.57. The number of hydrogen-bond acceptors (Lipinski definition) is 4. The third-order valence-electron chi connectivity index (χ3n) is 3.99. The van der Waals surface area contributed by atoms with Crippen LogP contribution >= 0.6 is 11.6 Å². The summed E-state index contributed by atoms with van der Waals surface area (Å²) < 4.78 is 27.2. The van der Waals surface area contributed by atoms with E-state index in [-0.39, 0.29) is 22.0 Å². The highest BCUT2D eigenvalue weighted by molar-refractivity contribution is 7.89. The van der Waals surface area contributed by atoms with E-state index in [4.69, 9.17) is 11.6 Å². The van der Waals surface area contributed by atoms with Gasteiger partial charge in [-0.15, -0.1) is 0 Å². The Kier molecular flexibility index (Phi) is 6.25. The molecule has 8 heteroatoms. The first kappa shape index (κ1) is 19.2. The molecule has 0 radical (unpaired) electrons. The first-order valence-corrected chi connectivity index (χ1v) is 9.79. The third kappa shape index (κ3) is 4.47. The van der Waals surface area contributed by atoms with Gasteiger partial charge in [-0.3, -0.25) is 4.79 Å². The lowest BCUT2D eigenvalue weighted by atomic mass is 10.0. The lowest BCUT2D eigenvalue weighted by Gasteiger charge is -2.30. The number of aliphatic hydroxyl groups is 1. The number of rotatable bonds is 5. The van der Waals surface area contributed by atoms with Crippen LogP contribution in [-0.2, 0) is 10.0 Å². The molecule has 0 aromatic heterocycles. The number of sulfonamides is 1. The number of carbonyl (C=O) groups excluding carboxylic acids is 1. The molecule has 1 aromatic rings. The molecule has 2 rings (SSSR count). The molecule has 1 saturated heterocycles. The molecule has 1 aromatic carbocycles. The molecule has 6 nitrogen and oxygen atoms in total. The van der Waals surface area contributed by atoms with Crippen molar-refractivity contribution >= 4 is 27.5 Å². The maximum Gasteiger partial charge on any atom is 0.251 e. The van der Waals surface area contributed by atoms with Gasteiger partial charge in [0.05, 0.1) is 11.1 Å². The highest BCUT2D eigenvalue weighted by Gasteiger charge is 2.30. The van der Waals surface area contributed by atoms with E-state index >= 15 is 0 Å². The molecule has 0 aliphatic carbocycles. The zero-order valence-corrected chi connectivity index (χ0v) is 15.4. The molecule has 0 saturated carbocycles. The van der Waals surface area contributed by atoms with Crippen molar-refractivity contribution in [1.82, 2.24) is 9.62 Å². The Morgan fingerprint density at radius 2 is 2.21 bits per heavy atom. The molecule has 1 fully saturated rings. The van der Waals surface area contributed by atoms with Crippen molar-refractivity contribution in [2.75, 3.05) is 19.6 Å². The first-order chi connectivity index (χ1) is 11.2. The largest absolute Gasteiger partial charge is 0.392 e. The van der Waals surface area contributed by atoms with Gasteiger partial charge in [-0.05, 0) is 43.9 Å². The van der Waals surface area contributed by atoms with Crippen molar-refractivity contribution in [2.24, 2.45) is 5.92 Å². The Balaban J connectivity index is 2.29. The van der Waals surface area contributed by atoms with E-state index in [1.165, 1.54) is 22.5 Å². The lowest BCUT2D eigenvalue weighted by molar-refractivity contribution is 0.0924. The number of aliphatic hydroxyl groups excluding tert-OH is 1. The molecule has 2 unspecified atom stereocenters. The van der Waals surface area contributed by atoms with E-state index in [2.05, 4.69) is 5.32 Å². The fourth-order valence-corrected chi connectivity index (χ4v) is 4.79. The van der Waals surface area contributed by atoms with Crippen molar-refractivity contribution in [3.8, 4) is 0 Å². The van der Waals surface area contributed by atoms with Crippen LogP contribution < -0.4 is 5.32 Å². The summed E-state index contributed by atoms with van der Waals surface area (Å²) in [6.07, 6.45) is 1.13. The molecule has 24 heavy (non-hydrogen) atoms. The van der Waals surface area contributed by atoms with Crippen LogP contribution in [0.5, 0.6) is 0 Å². The minimum atomic E-state index is -3.74. The number of nitrogens with zero attached hydrogens (tertiary/aromatic N) is 1. The maximum absolute atomic E-state index is 12.9. The molecule has 2 N–H and O–H groups in total. The molecule has 2 atom stereocenters. The summed E-state index contributed by atoms with van der Waals surface area (Å²) in [5, 5.41) is 11.9. The number of benzene rings is 1. The van der Waals surface area contributed by atoms with Gasteiger partial charge in [0.15, 0.2) is 0 Å². The number of carbonyl (C=O) groups is 1. The van der Waals surface area contributed by atoms with E-state index in [1.807, 2.05) is 6.92 Å². The molecule has 0 spiro atoms. The summed E-state index contributed by atoms with van der Waals surface area (Å²) in [5.74, 6) is -0.152. The van der Waals surface area contributed by atoms with E-state index in [1.54, 1.807) is 6.92 Å². The van der Waals surface area contributed by atoms with Crippen LogP contribution in [0.1, 0.15) is 37.0 Å². The van der Waals surface area contributed by atoms with E-state index in [0.717, 1.165) is 12.8 Å². The van der Waals surface area contributed by atoms with Gasteiger partial charge in [-0.2, -0.15) is 4.31 Å². The second-order valence-corrected chi connectivity index (χ2v) is 8.63. The maximum atomic E-state index is 12.9. The monoisotopic (exact) mass is 374 g/mol. The van der Waals surface area contributed by atoms with Gasteiger partial charge >= 0.3 is 0 Å². The second kappa shape index (κ2) is 7.82. The summed E-state index contributed by atoms with van der Waals surface area (Å²) in [7, 11) is -3.74. The number of halogens is 1. The second-order valence-electron chi connectivity index (χ2n) is 6.31. The lowest BCUT2D eigenvalue weighted by Crippen LogP contribution is -2.39. The molecule has 1 amide bonds. The smallest absolute Gasteiger partial charge is 0.251 e. The van der Waals surface area contributed by atoms with Crippen molar-refractivity contribution in [2.45, 2.75) is 37.7 Å². The van der Waals surface area contributed by atoms with Crippen LogP contribution in [-0.4, -0.2) is 49.5 Å². The Hall–Kier alpha value is -1.15. The highest BCUT2D eigenvalue weighted by atomic mass is 35.5. The Labute approximate surface area is 147 Å². The number of hydrogen-bond donors (Lipinski definition) is 2. The van der Waals surface area contributed by atoms with Gasteiger partial charge in [0.2, 0.25) is 10.0 Å². The summed E-state index contributed by atoms with van der Waals surface area (Å²) in [6, 6.07) is 4.19. The molecule has 134 valence electrons. The highest BCUT2D eigenvalue weighted by Crippen LogP contribution is 2.29. The van der Waals surface area contributed by atoms with Crippen LogP contribution in [0.15, 0.2) is 23.1 Å². The molecule has 1 aliphatic rings. The summed E-state index contributed by atoms with van der Waals surface area (Å²) in [5.41, 5.74) is 0.198. The Bertz CT molecular complexity index is 706. The van der Waals surface area contributed by atoms with Gasteiger partial charge < -0.3 is 10.4 Å². The number of nitrogens with one attached hydrogen (secondary N) is 1. The summed E-state index contributed by atoms with van der Waals surface area (Å²) in [4.78, 5) is 12.0. The van der Waals surface area contributed by atoms with Crippen molar-refractivity contribution in [1.29, 1.82) is 0 Å². The van der Waals surface area contributed by atoms with Crippen molar-refractivity contribution < 1.29 is 18.3 Å². The van der Waals surface area contributed by atoms with E-state index < -0.39 is 22.0 Å². The predicted octanol–water partition coefficient (Wildman–Crippen LogP) is 1.87. The van der Waals surface area contributed by atoms with Gasteiger partial charge in [0, 0.05) is 25.2 Å². The van der Waals surface area contributed by atoms with Crippen LogP contribution in [0, 0.1) is 5.92 Å². The predicted molar refractivity (Wildman–Crippen MR) is 92.6 cm³/mol. The van der Waals surface area contributed by atoms with Gasteiger partial charge in [-0.25, -0.2) is 8.42 Å². The molecule has 1 aliphatic heterocycles. The number of amides is 1. The number of piperidine rings is 1. The summed E-state index contributed by atoms with van der Waals surface area (Å²) >= 11 is 6.09. The zero-order chi connectivity index (χ0) is 17.9. The van der Waals surface area contributed by atoms with Gasteiger partial charge in [0.25, 0.3) is 5.91 Å². The van der Waals surface area contributed by atoms with Crippen molar-refractivity contribution in [3.05, 3.63) is 28.8 Å². The molecular weight excluding hydrogens is 352 g/mol. The Morgan fingerprint density at radius 3 is 2.83 bits per heavy atom. The Morgan fingerprint density at radius 1 is 1.50 bits per heavy atom. The zero-order valence-electron chi connectivity index (χ0n) is 13.8. The average Bonchev–Trinajstić information content (AvgIpc) is 2.52. The van der Waals surface area contributed by atoms with Crippen LogP contribution in [0.4, 0.5) is 0 Å². The molecule has 0 bridgehead atoms. The quantitative estimate of drug-likeness (QED) is 0.823. The first-order valence-electron chi connectivity index (χ1n) is 7.97. The fraction of sp³-hybridized carbons (Fsp3) is 0.562. The SMILES string of the molecule is CC(O)CNC(=O)c1ccc(Cl)c(S(=O)(=O)N2CCCC(C)C2)c1. The third-order valence-corrected chi connectivity index (χ3v) is 6.34. The van der Waals surface area contributed by atoms with Crippen LogP contribution in [0.2, 0.25) is 5.02 Å². The van der Waals surface area contributed by atoms with Gasteiger partial charge in [-0.1, -0.05) is 18.5 Å². The van der Waals surface area contributed by atoms with Crippen molar-refractivity contribution in [3.63, 3.8) is 0 Å². The minimum Gasteiger partial charge on any atom is -0.392 e. The molecular formula is C16H23ClN2O4S. The van der Waals surface area contributed by atoms with Gasteiger partial charge in [0.1, 0.15) is 4.90 Å².